The zero-order valence-corrected chi connectivity index (χ0v) is 16.5. The molecule has 8 heteroatoms. The molecule has 1 amide bonds. The summed E-state index contributed by atoms with van der Waals surface area (Å²) in [6.45, 7) is 4.51. The summed E-state index contributed by atoms with van der Waals surface area (Å²) in [5.74, 6) is 0.907. The van der Waals surface area contributed by atoms with Gasteiger partial charge in [0.15, 0.2) is 5.82 Å². The van der Waals surface area contributed by atoms with Crippen molar-refractivity contribution in [2.75, 3.05) is 13.2 Å². The Morgan fingerprint density at radius 2 is 1.97 bits per heavy atom. The third kappa shape index (κ3) is 6.10. The molecule has 0 unspecified atom stereocenters. The van der Waals surface area contributed by atoms with Crippen molar-refractivity contribution in [2.24, 2.45) is 0 Å². The smallest absolute Gasteiger partial charge is 0.273 e. The van der Waals surface area contributed by atoms with Crippen molar-refractivity contribution in [2.45, 2.75) is 19.3 Å². The van der Waals surface area contributed by atoms with E-state index in [1.54, 1.807) is 36.5 Å². The van der Waals surface area contributed by atoms with Crippen LogP contribution in [0.5, 0.6) is 5.75 Å². The number of H-pyrrole nitrogens is 1. The number of aryl methyl sites for hydroxylation is 1. The Hall–Kier alpha value is -3.81. The van der Waals surface area contributed by atoms with Crippen molar-refractivity contribution in [1.29, 1.82) is 0 Å². The lowest BCUT2D eigenvalue weighted by molar-refractivity contribution is -0.121. The number of rotatable bonds is 10. The molecule has 154 valence electrons. The van der Waals surface area contributed by atoms with Crippen molar-refractivity contribution in [3.05, 3.63) is 83.1 Å². The second kappa shape index (κ2) is 10.7. The van der Waals surface area contributed by atoms with Gasteiger partial charge in [-0.05, 0) is 36.4 Å². The summed E-state index contributed by atoms with van der Waals surface area (Å²) in [7, 11) is 0. The molecule has 0 aliphatic rings. The number of pyridine rings is 1. The van der Waals surface area contributed by atoms with Gasteiger partial charge in [-0.3, -0.25) is 14.6 Å². The van der Waals surface area contributed by atoms with Crippen molar-refractivity contribution in [3.8, 4) is 17.1 Å². The first-order chi connectivity index (χ1) is 14.7. The lowest BCUT2D eigenvalue weighted by Gasteiger charge is -2.06. The lowest BCUT2D eigenvalue weighted by Crippen LogP contribution is -2.27. The van der Waals surface area contributed by atoms with E-state index in [-0.39, 0.29) is 30.0 Å². The Balaban J connectivity index is 1.50. The van der Waals surface area contributed by atoms with E-state index < -0.39 is 0 Å². The molecule has 0 spiro atoms. The van der Waals surface area contributed by atoms with E-state index in [1.165, 1.54) is 0 Å². The zero-order valence-electron chi connectivity index (χ0n) is 16.5. The SMILES string of the molecule is C=CCOc1ccc(-c2nnc(CCC(=O)NCCc3ccccn3)c(=O)[nH]2)cc1. The molecule has 0 bridgehead atoms. The fourth-order valence-electron chi connectivity index (χ4n) is 2.71. The summed E-state index contributed by atoms with van der Waals surface area (Å²) in [6.07, 6.45) is 4.41. The van der Waals surface area contributed by atoms with Gasteiger partial charge in [-0.2, -0.15) is 0 Å². The molecule has 0 saturated heterocycles. The maximum Gasteiger partial charge on any atom is 0.273 e. The van der Waals surface area contributed by atoms with Gasteiger partial charge in [-0.1, -0.05) is 18.7 Å². The number of hydrogen-bond acceptors (Lipinski definition) is 6. The molecule has 30 heavy (non-hydrogen) atoms. The Bertz CT molecular complexity index is 1030. The molecule has 2 aromatic heterocycles. The van der Waals surface area contributed by atoms with Gasteiger partial charge in [-0.25, -0.2) is 0 Å². The highest BCUT2D eigenvalue weighted by Gasteiger charge is 2.10. The number of carbonyl (C=O) groups is 1. The highest BCUT2D eigenvalue weighted by Crippen LogP contribution is 2.18. The first-order valence-corrected chi connectivity index (χ1v) is 9.62. The standard InChI is InChI=1S/C22H23N5O3/c1-2-15-30-18-8-6-16(7-9-18)21-25-22(29)19(26-27-21)10-11-20(28)24-14-12-17-5-3-4-13-23-17/h2-9,13H,1,10-12,14-15H2,(H,24,28)(H,25,27,29). The first-order valence-electron chi connectivity index (χ1n) is 9.62. The van der Waals surface area contributed by atoms with E-state index in [9.17, 15) is 9.59 Å². The number of nitrogens with zero attached hydrogens (tertiary/aromatic N) is 3. The highest BCUT2D eigenvalue weighted by atomic mass is 16.5. The Labute approximate surface area is 174 Å². The van der Waals surface area contributed by atoms with E-state index in [4.69, 9.17) is 4.74 Å². The fourth-order valence-corrected chi connectivity index (χ4v) is 2.71. The summed E-state index contributed by atoms with van der Waals surface area (Å²) in [5.41, 5.74) is 1.50. The second-order valence-corrected chi connectivity index (χ2v) is 6.49. The van der Waals surface area contributed by atoms with E-state index in [1.807, 2.05) is 18.2 Å². The molecular weight excluding hydrogens is 382 g/mol. The van der Waals surface area contributed by atoms with Gasteiger partial charge in [0, 0.05) is 43.3 Å². The van der Waals surface area contributed by atoms with E-state index >= 15 is 0 Å². The number of ether oxygens (including phenoxy) is 1. The number of aromatic amines is 1. The van der Waals surface area contributed by atoms with E-state index in [0.29, 0.717) is 36.7 Å². The second-order valence-electron chi connectivity index (χ2n) is 6.49. The maximum atomic E-state index is 12.3. The van der Waals surface area contributed by atoms with E-state index in [0.717, 1.165) is 5.69 Å². The molecule has 2 N–H and O–H groups in total. The quantitative estimate of drug-likeness (QED) is 0.500. The zero-order chi connectivity index (χ0) is 21.2. The summed E-state index contributed by atoms with van der Waals surface area (Å²) in [5, 5.41) is 10.9. The fraction of sp³-hybridized carbons (Fsp3) is 0.227. The van der Waals surface area contributed by atoms with Crippen molar-refractivity contribution < 1.29 is 9.53 Å². The molecule has 3 rings (SSSR count). The van der Waals surface area contributed by atoms with Gasteiger partial charge < -0.3 is 15.0 Å². The van der Waals surface area contributed by atoms with Crippen molar-refractivity contribution >= 4 is 5.91 Å². The summed E-state index contributed by atoms with van der Waals surface area (Å²) >= 11 is 0. The van der Waals surface area contributed by atoms with Crippen LogP contribution < -0.4 is 15.6 Å². The summed E-state index contributed by atoms with van der Waals surface area (Å²) < 4.78 is 5.43. The third-order valence-electron chi connectivity index (χ3n) is 4.28. The molecule has 1 aromatic carbocycles. The van der Waals surface area contributed by atoms with E-state index in [2.05, 4.69) is 32.1 Å². The predicted octanol–water partition coefficient (Wildman–Crippen LogP) is 2.08. The minimum atomic E-state index is -0.353. The average molecular weight is 405 g/mol. The van der Waals surface area contributed by atoms with Crippen LogP contribution in [0, 0.1) is 0 Å². The van der Waals surface area contributed by atoms with Crippen molar-refractivity contribution in [1.82, 2.24) is 25.5 Å². The molecular formula is C22H23N5O3. The number of nitrogens with one attached hydrogen (secondary N) is 2. The lowest BCUT2D eigenvalue weighted by atomic mass is 10.2. The minimum Gasteiger partial charge on any atom is -0.490 e. The van der Waals surface area contributed by atoms with Gasteiger partial charge in [0.2, 0.25) is 5.91 Å². The molecule has 0 radical (unpaired) electrons. The number of aromatic nitrogens is 4. The Morgan fingerprint density at radius 1 is 1.13 bits per heavy atom. The monoisotopic (exact) mass is 405 g/mol. The Morgan fingerprint density at radius 3 is 2.67 bits per heavy atom. The molecule has 0 aliphatic carbocycles. The summed E-state index contributed by atoms with van der Waals surface area (Å²) in [4.78, 5) is 31.2. The number of amides is 1. The van der Waals surface area contributed by atoms with Gasteiger partial charge in [0.25, 0.3) is 5.56 Å². The molecule has 3 aromatic rings. The van der Waals surface area contributed by atoms with Crippen LogP contribution in [0.15, 0.2) is 66.1 Å². The molecule has 0 atom stereocenters. The van der Waals surface area contributed by atoms with Gasteiger partial charge in [-0.15, -0.1) is 10.2 Å². The largest absolute Gasteiger partial charge is 0.490 e. The average Bonchev–Trinajstić information content (AvgIpc) is 2.78. The van der Waals surface area contributed by atoms with Crippen LogP contribution in [0.3, 0.4) is 0 Å². The van der Waals surface area contributed by atoms with Gasteiger partial charge >= 0.3 is 0 Å². The molecule has 8 nitrogen and oxygen atoms in total. The normalized spacial score (nSPS) is 10.4. The minimum absolute atomic E-state index is 0.147. The van der Waals surface area contributed by atoms with Crippen LogP contribution in [0.4, 0.5) is 0 Å². The van der Waals surface area contributed by atoms with Crippen LogP contribution >= 0.6 is 0 Å². The van der Waals surface area contributed by atoms with Crippen molar-refractivity contribution in [3.63, 3.8) is 0 Å². The molecule has 0 fully saturated rings. The van der Waals surface area contributed by atoms with Gasteiger partial charge in [0.1, 0.15) is 18.1 Å². The molecule has 0 saturated carbocycles. The maximum absolute atomic E-state index is 12.3. The molecule has 0 aliphatic heterocycles. The van der Waals surface area contributed by atoms with Gasteiger partial charge in [0.05, 0.1) is 0 Å². The summed E-state index contributed by atoms with van der Waals surface area (Å²) in [6, 6.07) is 12.8. The number of hydrogen-bond donors (Lipinski definition) is 2. The van der Waals surface area contributed by atoms with Crippen LogP contribution in [0.1, 0.15) is 17.8 Å². The van der Waals surface area contributed by atoms with Crippen LogP contribution in [-0.2, 0) is 17.6 Å². The third-order valence-corrected chi connectivity index (χ3v) is 4.28. The topological polar surface area (TPSA) is 110 Å². The number of benzene rings is 1. The number of carbonyl (C=O) groups excluding carboxylic acids is 1. The van der Waals surface area contributed by atoms with Crippen LogP contribution in [0.25, 0.3) is 11.4 Å². The molecule has 2 heterocycles. The Kier molecular flexibility index (Phi) is 7.43. The van der Waals surface area contributed by atoms with Crippen LogP contribution in [0.2, 0.25) is 0 Å². The predicted molar refractivity (Wildman–Crippen MR) is 113 cm³/mol. The highest BCUT2D eigenvalue weighted by molar-refractivity contribution is 5.76. The van der Waals surface area contributed by atoms with Crippen LogP contribution in [-0.4, -0.2) is 39.2 Å². The first kappa shape index (κ1) is 20.9.